The molecule has 4 aliphatic carbocycles. The summed E-state index contributed by atoms with van der Waals surface area (Å²) in [7, 11) is -3.24. The first kappa shape index (κ1) is 16.6. The van der Waals surface area contributed by atoms with Gasteiger partial charge in [0.2, 0.25) is 15.9 Å². The van der Waals surface area contributed by atoms with Crippen molar-refractivity contribution < 1.29 is 13.2 Å². The van der Waals surface area contributed by atoms with Crippen LogP contribution >= 0.6 is 0 Å². The van der Waals surface area contributed by atoms with E-state index in [9.17, 15) is 13.2 Å². The van der Waals surface area contributed by atoms with E-state index in [4.69, 9.17) is 0 Å². The predicted octanol–water partition coefficient (Wildman–Crippen LogP) is 3.16. The van der Waals surface area contributed by atoms with Gasteiger partial charge >= 0.3 is 0 Å². The topological polar surface area (TPSA) is 66.5 Å². The molecule has 0 spiro atoms. The van der Waals surface area contributed by atoms with Crippen LogP contribution in [0.3, 0.4) is 0 Å². The molecule has 1 aromatic rings. The number of fused-ring (bicyclic) bond motifs is 1. The lowest BCUT2D eigenvalue weighted by Crippen LogP contribution is -2.51. The number of carbonyl (C=O) groups is 1. The van der Waals surface area contributed by atoms with Gasteiger partial charge in [0, 0.05) is 12.2 Å². The maximum Gasteiger partial charge on any atom is 0.232 e. The maximum atomic E-state index is 13.2. The van der Waals surface area contributed by atoms with Crippen molar-refractivity contribution in [1.82, 2.24) is 0 Å². The van der Waals surface area contributed by atoms with Crippen LogP contribution in [0.25, 0.3) is 0 Å². The van der Waals surface area contributed by atoms with Crippen LogP contribution in [0.2, 0.25) is 0 Å². The van der Waals surface area contributed by atoms with E-state index in [1.54, 1.807) is 0 Å². The Bertz CT molecular complexity index is 842. The molecule has 4 bridgehead atoms. The predicted molar refractivity (Wildman–Crippen MR) is 102 cm³/mol. The molecule has 0 atom stereocenters. The van der Waals surface area contributed by atoms with Crippen LogP contribution in [-0.4, -0.2) is 27.1 Å². The lowest BCUT2D eigenvalue weighted by molar-refractivity contribution is -0.140. The lowest BCUT2D eigenvalue weighted by atomic mass is 9.49. The van der Waals surface area contributed by atoms with Crippen LogP contribution in [-0.2, 0) is 21.2 Å². The zero-order valence-corrected chi connectivity index (χ0v) is 16.0. The lowest BCUT2D eigenvalue weighted by Gasteiger charge is -2.55. The Labute approximate surface area is 155 Å². The van der Waals surface area contributed by atoms with E-state index in [0.717, 1.165) is 54.0 Å². The highest BCUT2D eigenvalue weighted by atomic mass is 32.2. The van der Waals surface area contributed by atoms with Gasteiger partial charge in [-0.1, -0.05) is 0 Å². The summed E-state index contributed by atoms with van der Waals surface area (Å²) in [6.45, 7) is 0.487. The highest BCUT2D eigenvalue weighted by Gasteiger charge is 2.54. The van der Waals surface area contributed by atoms with Crippen molar-refractivity contribution in [2.45, 2.75) is 44.9 Å². The fourth-order valence-electron chi connectivity index (χ4n) is 6.45. The number of benzene rings is 1. The minimum Gasteiger partial charge on any atom is -0.326 e. The molecular weight excluding hydrogens is 348 g/mol. The molecule has 1 aliphatic heterocycles. The summed E-state index contributed by atoms with van der Waals surface area (Å²) in [4.78, 5) is 13.2. The Hall–Kier alpha value is -1.56. The molecule has 26 heavy (non-hydrogen) atoms. The highest BCUT2D eigenvalue weighted by Crippen LogP contribution is 2.60. The molecule has 1 aromatic carbocycles. The van der Waals surface area contributed by atoms with E-state index in [2.05, 4.69) is 5.32 Å². The molecule has 6 heteroatoms. The first-order valence-electron chi connectivity index (χ1n) is 9.74. The number of anilines is 2. The average Bonchev–Trinajstić information content (AvgIpc) is 2.97. The largest absolute Gasteiger partial charge is 0.326 e. The number of rotatable bonds is 3. The molecule has 0 aromatic heterocycles. The third-order valence-corrected chi connectivity index (χ3v) is 8.29. The maximum absolute atomic E-state index is 13.2. The number of nitrogens with zero attached hydrogens (tertiary/aromatic N) is 1. The van der Waals surface area contributed by atoms with Crippen LogP contribution in [0.4, 0.5) is 11.4 Å². The molecule has 0 unspecified atom stereocenters. The molecule has 4 saturated carbocycles. The smallest absolute Gasteiger partial charge is 0.232 e. The number of hydrogen-bond acceptors (Lipinski definition) is 3. The standard InChI is InChI=1S/C20H26N2O3S/c1-26(24,25)22-5-4-16-9-17(2-3-18(16)22)21-19(23)20-10-13-6-14(11-20)8-15(7-13)12-20/h2-3,9,13-15H,4-8,10-12H2,1H3,(H,21,23). The van der Waals surface area contributed by atoms with E-state index in [1.165, 1.54) is 29.8 Å². The van der Waals surface area contributed by atoms with Crippen molar-refractivity contribution >= 4 is 27.3 Å². The molecule has 0 radical (unpaired) electrons. The van der Waals surface area contributed by atoms with Crippen LogP contribution in [0.5, 0.6) is 0 Å². The molecule has 1 heterocycles. The fourth-order valence-corrected chi connectivity index (χ4v) is 7.40. The Morgan fingerprint density at radius 3 is 2.31 bits per heavy atom. The van der Waals surface area contributed by atoms with Gasteiger partial charge in [-0.05, 0) is 86.5 Å². The summed E-state index contributed by atoms with van der Waals surface area (Å²) in [6, 6.07) is 5.64. The Balaban J connectivity index is 1.37. The normalized spacial score (nSPS) is 34.8. The van der Waals surface area contributed by atoms with Crippen molar-refractivity contribution in [3.8, 4) is 0 Å². The van der Waals surface area contributed by atoms with Crippen LogP contribution in [0, 0.1) is 23.2 Å². The summed E-state index contributed by atoms with van der Waals surface area (Å²) >= 11 is 0. The zero-order valence-electron chi connectivity index (χ0n) is 15.2. The van der Waals surface area contributed by atoms with E-state index < -0.39 is 10.0 Å². The minimum absolute atomic E-state index is 0.160. The molecule has 5 nitrogen and oxygen atoms in total. The molecule has 6 rings (SSSR count). The third kappa shape index (κ3) is 2.56. The molecular formula is C20H26N2O3S. The minimum atomic E-state index is -3.24. The Kier molecular flexibility index (Phi) is 3.49. The molecule has 0 saturated heterocycles. The van der Waals surface area contributed by atoms with E-state index in [1.807, 2.05) is 18.2 Å². The summed E-state index contributed by atoms with van der Waals surface area (Å²) in [5.41, 5.74) is 2.39. The Morgan fingerprint density at radius 1 is 1.12 bits per heavy atom. The van der Waals surface area contributed by atoms with Crippen molar-refractivity contribution in [3.63, 3.8) is 0 Å². The first-order valence-corrected chi connectivity index (χ1v) is 11.6. The van der Waals surface area contributed by atoms with Gasteiger partial charge in [0.25, 0.3) is 0 Å². The SMILES string of the molecule is CS(=O)(=O)N1CCc2cc(NC(=O)C34CC5CC(CC(C5)C3)C4)ccc21. The van der Waals surface area contributed by atoms with Crippen molar-refractivity contribution in [3.05, 3.63) is 23.8 Å². The van der Waals surface area contributed by atoms with Gasteiger partial charge in [-0.15, -0.1) is 0 Å². The number of carbonyl (C=O) groups excluding carboxylic acids is 1. The molecule has 140 valence electrons. The second-order valence-corrected chi connectivity index (χ2v) is 11.0. The van der Waals surface area contributed by atoms with E-state index >= 15 is 0 Å². The van der Waals surface area contributed by atoms with Gasteiger partial charge in [-0.25, -0.2) is 8.42 Å². The second-order valence-electron chi connectivity index (χ2n) is 9.08. The number of nitrogens with one attached hydrogen (secondary N) is 1. The van der Waals surface area contributed by atoms with Crippen molar-refractivity contribution in [2.24, 2.45) is 23.2 Å². The third-order valence-electron chi connectivity index (χ3n) is 7.11. The number of amides is 1. The molecule has 5 aliphatic rings. The fraction of sp³-hybridized carbons (Fsp3) is 0.650. The zero-order chi connectivity index (χ0) is 18.1. The van der Waals surface area contributed by atoms with Gasteiger partial charge in [0.05, 0.1) is 17.4 Å². The molecule has 1 amide bonds. The highest BCUT2D eigenvalue weighted by molar-refractivity contribution is 7.92. The van der Waals surface area contributed by atoms with Crippen LogP contribution in [0.1, 0.15) is 44.1 Å². The first-order chi connectivity index (χ1) is 12.3. The summed E-state index contributed by atoms with van der Waals surface area (Å²) in [6.07, 6.45) is 9.08. The van der Waals surface area contributed by atoms with Gasteiger partial charge in [-0.3, -0.25) is 9.10 Å². The van der Waals surface area contributed by atoms with Gasteiger partial charge < -0.3 is 5.32 Å². The van der Waals surface area contributed by atoms with E-state index in [-0.39, 0.29) is 11.3 Å². The van der Waals surface area contributed by atoms with Gasteiger partial charge in [0.15, 0.2) is 0 Å². The van der Waals surface area contributed by atoms with E-state index in [0.29, 0.717) is 13.0 Å². The van der Waals surface area contributed by atoms with Crippen molar-refractivity contribution in [1.29, 1.82) is 0 Å². The number of hydrogen-bond donors (Lipinski definition) is 1. The quantitative estimate of drug-likeness (QED) is 0.884. The summed E-state index contributed by atoms with van der Waals surface area (Å²) in [5, 5.41) is 3.18. The Morgan fingerprint density at radius 2 is 1.73 bits per heavy atom. The van der Waals surface area contributed by atoms with Gasteiger partial charge in [0.1, 0.15) is 0 Å². The van der Waals surface area contributed by atoms with Gasteiger partial charge in [-0.2, -0.15) is 0 Å². The van der Waals surface area contributed by atoms with Crippen molar-refractivity contribution in [2.75, 3.05) is 22.4 Å². The monoisotopic (exact) mass is 374 g/mol. The van der Waals surface area contributed by atoms with Crippen LogP contribution < -0.4 is 9.62 Å². The summed E-state index contributed by atoms with van der Waals surface area (Å²) in [5.74, 6) is 2.43. The number of sulfonamides is 1. The molecule has 4 fully saturated rings. The summed E-state index contributed by atoms with van der Waals surface area (Å²) < 4.78 is 25.2. The van der Waals surface area contributed by atoms with Crippen LogP contribution in [0.15, 0.2) is 18.2 Å². The second kappa shape index (κ2) is 5.47. The molecule has 1 N–H and O–H groups in total. The average molecular weight is 375 g/mol.